The minimum absolute atomic E-state index is 0.383. The van der Waals surface area contributed by atoms with Gasteiger partial charge in [0.05, 0.1) is 34.7 Å². The molecule has 1 aliphatic heterocycles. The first-order chi connectivity index (χ1) is 22.0. The molecule has 0 radical (unpaired) electrons. The van der Waals surface area contributed by atoms with E-state index in [4.69, 9.17) is 9.72 Å². The number of methoxy groups -OCH3 is 1. The number of fused-ring (bicyclic) bond motifs is 1. The normalized spacial score (nSPS) is 14.2. The van der Waals surface area contributed by atoms with Crippen LogP contribution in [0, 0.1) is 0 Å². The van der Waals surface area contributed by atoms with Gasteiger partial charge in [-0.05, 0) is 74.4 Å². The standard InChI is InChI=1S/C34H40BrN8O2P/c1-41(2)23-12-15-43(16-13-23)30-18-31(45-4)28(17-25(30)22-11-14-42(3)21-22)39-34-37-19-26(35)33(40-34)38-29-20-36-27-10-8-7-9-24(27)32(29)46(5,6)44/h7-11,14,17-21,23H,12-13,15-16H2,1-6H3,(H2,37,38,39,40). The molecule has 46 heavy (non-hydrogen) atoms. The monoisotopic (exact) mass is 702 g/mol. The molecule has 0 unspecified atom stereocenters. The molecular weight excluding hydrogens is 663 g/mol. The van der Waals surface area contributed by atoms with Crippen LogP contribution in [0.15, 0.2) is 71.7 Å². The third-order valence-electron chi connectivity index (χ3n) is 8.53. The third kappa shape index (κ3) is 6.63. The number of ether oxygens (including phenoxy) is 1. The van der Waals surface area contributed by atoms with Crippen molar-refractivity contribution in [2.75, 3.05) is 63.2 Å². The minimum atomic E-state index is -2.69. The highest BCUT2D eigenvalue weighted by Gasteiger charge is 2.25. The fourth-order valence-corrected chi connectivity index (χ4v) is 7.93. The number of hydrogen-bond acceptors (Lipinski definition) is 9. The van der Waals surface area contributed by atoms with Gasteiger partial charge in [-0.3, -0.25) is 4.98 Å². The van der Waals surface area contributed by atoms with Crippen LogP contribution < -0.4 is 25.6 Å². The highest BCUT2D eigenvalue weighted by molar-refractivity contribution is 9.10. The van der Waals surface area contributed by atoms with E-state index in [0.29, 0.717) is 33.7 Å². The summed E-state index contributed by atoms with van der Waals surface area (Å²) in [6.45, 7) is 5.48. The highest BCUT2D eigenvalue weighted by Crippen LogP contribution is 2.43. The summed E-state index contributed by atoms with van der Waals surface area (Å²) in [5, 5.41) is 8.38. The van der Waals surface area contributed by atoms with Gasteiger partial charge in [0.1, 0.15) is 18.7 Å². The number of nitrogens with one attached hydrogen (secondary N) is 2. The van der Waals surface area contributed by atoms with Gasteiger partial charge in [-0.25, -0.2) is 4.98 Å². The molecule has 0 amide bonds. The van der Waals surface area contributed by atoms with Crippen LogP contribution in [0.25, 0.3) is 22.0 Å². The Hall–Kier alpha value is -3.92. The topological polar surface area (TPSA) is 100 Å². The van der Waals surface area contributed by atoms with Crippen LogP contribution in [0.4, 0.5) is 28.8 Å². The molecule has 0 atom stereocenters. The number of aromatic nitrogens is 4. The lowest BCUT2D eigenvalue weighted by atomic mass is 9.99. The van der Waals surface area contributed by atoms with Gasteiger partial charge in [-0.2, -0.15) is 4.98 Å². The Kier molecular flexibility index (Phi) is 9.10. The van der Waals surface area contributed by atoms with Crippen LogP contribution in [0.5, 0.6) is 5.75 Å². The summed E-state index contributed by atoms with van der Waals surface area (Å²) in [4.78, 5) is 18.8. The Labute approximate surface area is 278 Å². The van der Waals surface area contributed by atoms with Gasteiger partial charge in [-0.1, -0.05) is 18.2 Å². The fourth-order valence-electron chi connectivity index (χ4n) is 6.18. The van der Waals surface area contributed by atoms with E-state index >= 15 is 0 Å². The van der Waals surface area contributed by atoms with Crippen LogP contribution in [0.2, 0.25) is 0 Å². The van der Waals surface area contributed by atoms with E-state index in [1.807, 2.05) is 31.3 Å². The van der Waals surface area contributed by atoms with Gasteiger partial charge in [0.25, 0.3) is 0 Å². The first-order valence-corrected chi connectivity index (χ1v) is 18.7. The van der Waals surface area contributed by atoms with Crippen molar-refractivity contribution in [1.29, 1.82) is 0 Å². The molecule has 2 aromatic carbocycles. The number of pyridine rings is 1. The van der Waals surface area contributed by atoms with Crippen molar-refractivity contribution in [1.82, 2.24) is 24.4 Å². The summed E-state index contributed by atoms with van der Waals surface area (Å²) in [5.41, 5.74) is 5.56. The van der Waals surface area contributed by atoms with E-state index in [1.54, 1.807) is 32.8 Å². The zero-order chi connectivity index (χ0) is 32.6. The summed E-state index contributed by atoms with van der Waals surface area (Å²) >= 11 is 3.60. The van der Waals surface area contributed by atoms with Gasteiger partial charge < -0.3 is 34.3 Å². The number of benzene rings is 2. The van der Waals surface area contributed by atoms with Crippen LogP contribution in [0.3, 0.4) is 0 Å². The first-order valence-electron chi connectivity index (χ1n) is 15.3. The minimum Gasteiger partial charge on any atom is -0.494 e. The number of hydrogen-bond donors (Lipinski definition) is 2. The van der Waals surface area contributed by atoms with Crippen molar-refractivity contribution in [3.63, 3.8) is 0 Å². The van der Waals surface area contributed by atoms with Crippen LogP contribution >= 0.6 is 23.1 Å². The van der Waals surface area contributed by atoms with E-state index in [1.165, 1.54) is 0 Å². The Morgan fingerprint density at radius 2 is 1.78 bits per heavy atom. The Morgan fingerprint density at radius 3 is 2.46 bits per heavy atom. The number of para-hydroxylation sites is 1. The van der Waals surface area contributed by atoms with Crippen molar-refractivity contribution in [2.24, 2.45) is 7.05 Å². The zero-order valence-corrected chi connectivity index (χ0v) is 29.6. The lowest BCUT2D eigenvalue weighted by Gasteiger charge is -2.37. The number of anilines is 5. The number of piperidine rings is 1. The van der Waals surface area contributed by atoms with E-state index in [-0.39, 0.29) is 0 Å². The predicted molar refractivity (Wildman–Crippen MR) is 193 cm³/mol. The van der Waals surface area contributed by atoms with Gasteiger partial charge in [-0.15, -0.1) is 0 Å². The Balaban J connectivity index is 1.36. The molecule has 0 aliphatic carbocycles. The molecule has 2 N–H and O–H groups in total. The van der Waals surface area contributed by atoms with E-state index in [0.717, 1.165) is 64.6 Å². The Bertz CT molecular complexity index is 1930. The maximum Gasteiger partial charge on any atom is 0.229 e. The maximum absolute atomic E-state index is 13.5. The molecule has 240 valence electrons. The van der Waals surface area contributed by atoms with Crippen molar-refractivity contribution >= 4 is 68.1 Å². The predicted octanol–water partition coefficient (Wildman–Crippen LogP) is 7.07. The van der Waals surface area contributed by atoms with Gasteiger partial charge in [0.15, 0.2) is 0 Å². The number of nitrogens with zero attached hydrogens (tertiary/aromatic N) is 6. The van der Waals surface area contributed by atoms with Crippen molar-refractivity contribution in [2.45, 2.75) is 18.9 Å². The smallest absolute Gasteiger partial charge is 0.229 e. The molecule has 10 nitrogen and oxygen atoms in total. The van der Waals surface area contributed by atoms with E-state index in [9.17, 15) is 4.57 Å². The second kappa shape index (κ2) is 13.1. The Morgan fingerprint density at radius 1 is 1.02 bits per heavy atom. The number of halogens is 1. The van der Waals surface area contributed by atoms with Crippen molar-refractivity contribution in [3.8, 4) is 16.9 Å². The lowest BCUT2D eigenvalue weighted by Crippen LogP contribution is -2.42. The van der Waals surface area contributed by atoms with Gasteiger partial charge in [0.2, 0.25) is 5.95 Å². The quantitative estimate of drug-likeness (QED) is 0.156. The number of rotatable bonds is 9. The van der Waals surface area contributed by atoms with E-state index in [2.05, 4.69) is 95.6 Å². The molecule has 6 rings (SSSR count). The second-order valence-corrected chi connectivity index (χ2v) is 16.3. The largest absolute Gasteiger partial charge is 0.494 e. The average Bonchev–Trinajstić information content (AvgIpc) is 3.47. The molecular formula is C34H40BrN8O2P. The van der Waals surface area contributed by atoms with Crippen molar-refractivity contribution in [3.05, 3.63) is 71.7 Å². The molecule has 3 aromatic heterocycles. The van der Waals surface area contributed by atoms with Crippen LogP contribution in [-0.4, -0.2) is 78.1 Å². The average molecular weight is 704 g/mol. The second-order valence-electron chi connectivity index (χ2n) is 12.3. The molecule has 0 spiro atoms. The zero-order valence-electron chi connectivity index (χ0n) is 27.1. The van der Waals surface area contributed by atoms with E-state index < -0.39 is 7.14 Å². The molecule has 1 fully saturated rings. The first kappa shape index (κ1) is 32.0. The molecule has 5 aromatic rings. The summed E-state index contributed by atoms with van der Waals surface area (Å²) in [6, 6.07) is 14.7. The molecule has 0 saturated carbocycles. The SMILES string of the molecule is COc1cc(N2CCC(N(C)C)CC2)c(-c2ccn(C)c2)cc1Nc1ncc(Br)c(Nc2cnc3ccccc3c2P(C)(C)=O)n1. The van der Waals surface area contributed by atoms with Crippen LogP contribution in [-0.2, 0) is 11.6 Å². The van der Waals surface area contributed by atoms with Crippen molar-refractivity contribution < 1.29 is 9.30 Å². The number of aryl methyl sites for hydroxylation is 1. The van der Waals surface area contributed by atoms with Gasteiger partial charge in [0, 0.05) is 78.3 Å². The lowest BCUT2D eigenvalue weighted by molar-refractivity contribution is 0.249. The van der Waals surface area contributed by atoms with Gasteiger partial charge >= 0.3 is 0 Å². The highest BCUT2D eigenvalue weighted by atomic mass is 79.9. The molecule has 12 heteroatoms. The summed E-state index contributed by atoms with van der Waals surface area (Å²) in [6.07, 6.45) is 9.81. The summed E-state index contributed by atoms with van der Waals surface area (Å²) in [5.74, 6) is 1.60. The summed E-state index contributed by atoms with van der Waals surface area (Å²) < 4.78 is 22.1. The molecule has 0 bridgehead atoms. The third-order valence-corrected chi connectivity index (χ3v) is 10.7. The maximum atomic E-state index is 13.5. The molecule has 1 saturated heterocycles. The molecule has 4 heterocycles. The summed E-state index contributed by atoms with van der Waals surface area (Å²) in [7, 11) is 5.35. The molecule has 1 aliphatic rings. The van der Waals surface area contributed by atoms with Crippen LogP contribution in [0.1, 0.15) is 12.8 Å². The fraction of sp³-hybridized carbons (Fsp3) is 0.324.